The largest absolute Gasteiger partial charge is 0.494 e. The minimum atomic E-state index is 0.0419. The van der Waals surface area contributed by atoms with Crippen LogP contribution in [0, 0.1) is 0 Å². The quantitative estimate of drug-likeness (QED) is 0.912. The lowest BCUT2D eigenvalue weighted by Crippen LogP contribution is -2.57. The van der Waals surface area contributed by atoms with Crippen molar-refractivity contribution in [2.45, 2.75) is 13.0 Å². The van der Waals surface area contributed by atoms with Crippen LogP contribution in [0.4, 0.5) is 5.82 Å². The molecule has 6 nitrogen and oxygen atoms in total. The standard InChI is InChI=1S/C16H18N4O2/c1-2-22-14-5-3-12(4-6-14)16(21)20-10-13(11-20)19-15-9-17-7-8-18-15/h3-9,13H,2,10-11H2,1H3,(H,18,19). The number of benzene rings is 1. The fourth-order valence-electron chi connectivity index (χ4n) is 2.36. The summed E-state index contributed by atoms with van der Waals surface area (Å²) >= 11 is 0. The van der Waals surface area contributed by atoms with E-state index in [1.807, 2.05) is 24.0 Å². The van der Waals surface area contributed by atoms with Gasteiger partial charge in [-0.25, -0.2) is 4.98 Å². The summed E-state index contributed by atoms with van der Waals surface area (Å²) in [4.78, 5) is 22.3. The molecule has 22 heavy (non-hydrogen) atoms. The fraction of sp³-hybridized carbons (Fsp3) is 0.312. The van der Waals surface area contributed by atoms with Crippen molar-refractivity contribution in [1.82, 2.24) is 14.9 Å². The van der Waals surface area contributed by atoms with Crippen molar-refractivity contribution < 1.29 is 9.53 Å². The lowest BCUT2D eigenvalue weighted by molar-refractivity contribution is 0.0625. The Labute approximate surface area is 129 Å². The number of hydrogen-bond donors (Lipinski definition) is 1. The number of carbonyl (C=O) groups excluding carboxylic acids is 1. The van der Waals surface area contributed by atoms with E-state index in [1.165, 1.54) is 0 Å². The number of rotatable bonds is 5. The second-order valence-electron chi connectivity index (χ2n) is 5.10. The number of ether oxygens (including phenoxy) is 1. The number of amides is 1. The summed E-state index contributed by atoms with van der Waals surface area (Å²) in [5, 5.41) is 3.25. The smallest absolute Gasteiger partial charge is 0.254 e. The summed E-state index contributed by atoms with van der Waals surface area (Å²) in [5.41, 5.74) is 0.682. The third-order valence-electron chi connectivity index (χ3n) is 3.50. The summed E-state index contributed by atoms with van der Waals surface area (Å²) in [7, 11) is 0. The second kappa shape index (κ2) is 6.43. The molecule has 1 aromatic carbocycles. The summed E-state index contributed by atoms with van der Waals surface area (Å²) in [6.45, 7) is 3.89. The van der Waals surface area contributed by atoms with E-state index in [1.54, 1.807) is 30.7 Å². The highest BCUT2D eigenvalue weighted by atomic mass is 16.5. The van der Waals surface area contributed by atoms with Gasteiger partial charge in [-0.05, 0) is 31.2 Å². The molecule has 114 valence electrons. The molecule has 1 aromatic heterocycles. The van der Waals surface area contributed by atoms with Crippen molar-refractivity contribution >= 4 is 11.7 Å². The Morgan fingerprint density at radius 3 is 2.73 bits per heavy atom. The monoisotopic (exact) mass is 298 g/mol. The van der Waals surface area contributed by atoms with Crippen LogP contribution in [0.15, 0.2) is 42.9 Å². The molecule has 1 amide bonds. The van der Waals surface area contributed by atoms with Gasteiger partial charge in [0.2, 0.25) is 0 Å². The van der Waals surface area contributed by atoms with Gasteiger partial charge in [0, 0.05) is 31.0 Å². The van der Waals surface area contributed by atoms with Crippen molar-refractivity contribution in [3.8, 4) is 5.75 Å². The Balaban J connectivity index is 1.52. The minimum absolute atomic E-state index is 0.0419. The molecule has 1 aliphatic heterocycles. The van der Waals surface area contributed by atoms with E-state index in [0.29, 0.717) is 25.3 Å². The van der Waals surface area contributed by atoms with Crippen LogP contribution in [-0.2, 0) is 0 Å². The first-order valence-corrected chi connectivity index (χ1v) is 7.31. The van der Waals surface area contributed by atoms with Crippen LogP contribution >= 0.6 is 0 Å². The van der Waals surface area contributed by atoms with E-state index in [9.17, 15) is 4.79 Å². The Morgan fingerprint density at radius 2 is 2.09 bits per heavy atom. The molecule has 1 aliphatic rings. The van der Waals surface area contributed by atoms with Gasteiger partial charge in [0.15, 0.2) is 0 Å². The zero-order chi connectivity index (χ0) is 15.4. The van der Waals surface area contributed by atoms with Crippen molar-refractivity contribution in [3.05, 3.63) is 48.4 Å². The van der Waals surface area contributed by atoms with Gasteiger partial charge < -0.3 is 15.0 Å². The summed E-state index contributed by atoms with van der Waals surface area (Å²) in [6.07, 6.45) is 4.95. The van der Waals surface area contributed by atoms with Gasteiger partial charge in [-0.15, -0.1) is 0 Å². The Kier molecular flexibility index (Phi) is 4.18. The van der Waals surface area contributed by atoms with E-state index >= 15 is 0 Å². The molecule has 0 aliphatic carbocycles. The third-order valence-corrected chi connectivity index (χ3v) is 3.50. The van der Waals surface area contributed by atoms with Gasteiger partial charge >= 0.3 is 0 Å². The molecule has 6 heteroatoms. The van der Waals surface area contributed by atoms with E-state index in [-0.39, 0.29) is 11.9 Å². The van der Waals surface area contributed by atoms with Gasteiger partial charge in [-0.2, -0.15) is 0 Å². The van der Waals surface area contributed by atoms with Crippen LogP contribution in [0.5, 0.6) is 5.75 Å². The van der Waals surface area contributed by atoms with Crippen LogP contribution in [0.1, 0.15) is 17.3 Å². The van der Waals surface area contributed by atoms with Crippen molar-refractivity contribution in [2.75, 3.05) is 25.0 Å². The lowest BCUT2D eigenvalue weighted by Gasteiger charge is -2.39. The van der Waals surface area contributed by atoms with E-state index in [4.69, 9.17) is 4.74 Å². The van der Waals surface area contributed by atoms with E-state index < -0.39 is 0 Å². The topological polar surface area (TPSA) is 67.3 Å². The zero-order valence-electron chi connectivity index (χ0n) is 12.4. The molecule has 0 atom stereocenters. The highest BCUT2D eigenvalue weighted by Crippen LogP contribution is 2.18. The van der Waals surface area contributed by atoms with E-state index in [0.717, 1.165) is 11.6 Å². The molecule has 1 N–H and O–H groups in total. The Hall–Kier alpha value is -2.63. The molecule has 0 bridgehead atoms. The predicted molar refractivity (Wildman–Crippen MR) is 83.0 cm³/mol. The maximum absolute atomic E-state index is 12.3. The fourth-order valence-corrected chi connectivity index (χ4v) is 2.36. The molecular weight excluding hydrogens is 280 g/mol. The second-order valence-corrected chi connectivity index (χ2v) is 5.10. The lowest BCUT2D eigenvalue weighted by atomic mass is 10.1. The molecule has 0 unspecified atom stereocenters. The van der Waals surface area contributed by atoms with Crippen molar-refractivity contribution in [1.29, 1.82) is 0 Å². The highest BCUT2D eigenvalue weighted by molar-refractivity contribution is 5.95. The van der Waals surface area contributed by atoms with Crippen molar-refractivity contribution in [2.24, 2.45) is 0 Å². The number of likely N-dealkylation sites (tertiary alicyclic amines) is 1. The van der Waals surface area contributed by atoms with Crippen LogP contribution in [0.25, 0.3) is 0 Å². The normalized spacial score (nSPS) is 14.3. The molecule has 0 spiro atoms. The van der Waals surface area contributed by atoms with Crippen LogP contribution < -0.4 is 10.1 Å². The zero-order valence-corrected chi connectivity index (χ0v) is 12.4. The third kappa shape index (κ3) is 3.16. The molecule has 0 radical (unpaired) electrons. The number of nitrogens with zero attached hydrogens (tertiary/aromatic N) is 3. The number of anilines is 1. The summed E-state index contributed by atoms with van der Waals surface area (Å²) in [5.74, 6) is 1.56. The van der Waals surface area contributed by atoms with Gasteiger partial charge in [0.25, 0.3) is 5.91 Å². The number of aromatic nitrogens is 2. The summed E-state index contributed by atoms with van der Waals surface area (Å²) < 4.78 is 5.38. The minimum Gasteiger partial charge on any atom is -0.494 e. The van der Waals surface area contributed by atoms with Crippen LogP contribution in [-0.4, -0.2) is 46.5 Å². The molecule has 2 aromatic rings. The molecular formula is C16H18N4O2. The predicted octanol–water partition coefficient (Wildman–Crippen LogP) is 1.81. The van der Waals surface area contributed by atoms with Crippen LogP contribution in [0.3, 0.4) is 0 Å². The summed E-state index contributed by atoms with van der Waals surface area (Å²) in [6, 6.07) is 7.48. The molecule has 1 saturated heterocycles. The first kappa shape index (κ1) is 14.3. The maximum Gasteiger partial charge on any atom is 0.254 e. The van der Waals surface area contributed by atoms with Gasteiger partial charge in [0.1, 0.15) is 11.6 Å². The van der Waals surface area contributed by atoms with Gasteiger partial charge in [0.05, 0.1) is 18.8 Å². The first-order chi connectivity index (χ1) is 10.8. The maximum atomic E-state index is 12.3. The molecule has 1 fully saturated rings. The molecule has 3 rings (SSSR count). The average molecular weight is 298 g/mol. The Bertz CT molecular complexity index is 624. The Morgan fingerprint density at radius 1 is 1.32 bits per heavy atom. The SMILES string of the molecule is CCOc1ccc(C(=O)N2CC(Nc3cnccn3)C2)cc1. The number of hydrogen-bond acceptors (Lipinski definition) is 5. The molecule has 2 heterocycles. The number of carbonyl (C=O) groups is 1. The number of nitrogens with one attached hydrogen (secondary N) is 1. The van der Waals surface area contributed by atoms with Gasteiger partial charge in [-0.1, -0.05) is 0 Å². The van der Waals surface area contributed by atoms with E-state index in [2.05, 4.69) is 15.3 Å². The van der Waals surface area contributed by atoms with Crippen LogP contribution in [0.2, 0.25) is 0 Å². The van der Waals surface area contributed by atoms with Crippen molar-refractivity contribution in [3.63, 3.8) is 0 Å². The average Bonchev–Trinajstić information content (AvgIpc) is 2.52. The van der Waals surface area contributed by atoms with Gasteiger partial charge in [-0.3, -0.25) is 9.78 Å². The first-order valence-electron chi connectivity index (χ1n) is 7.31. The highest BCUT2D eigenvalue weighted by Gasteiger charge is 2.31. The molecule has 0 saturated carbocycles.